The fourth-order valence-corrected chi connectivity index (χ4v) is 2.22. The van der Waals surface area contributed by atoms with E-state index in [4.69, 9.17) is 9.15 Å². The molecule has 0 unspecified atom stereocenters. The van der Waals surface area contributed by atoms with Crippen molar-refractivity contribution in [1.29, 1.82) is 0 Å². The fraction of sp³-hybridized carbons (Fsp3) is 0.438. The Morgan fingerprint density at radius 3 is 2.91 bits per heavy atom. The standard InChI is InChI=1S/C16H19N3O3/c1-16(2,3)13-9-22-15(18-13)19-14(20)11-7-10-5-4-6-21-12(10)8-17-11/h7-9H,4-6H2,1-3H3,(H,18,19,20). The van der Waals surface area contributed by atoms with Crippen LogP contribution in [0.25, 0.3) is 0 Å². The molecule has 0 aliphatic carbocycles. The van der Waals surface area contributed by atoms with Gasteiger partial charge in [0.1, 0.15) is 17.7 Å². The van der Waals surface area contributed by atoms with Gasteiger partial charge in [0.2, 0.25) is 0 Å². The lowest BCUT2D eigenvalue weighted by molar-refractivity contribution is 0.101. The van der Waals surface area contributed by atoms with Gasteiger partial charge in [-0.05, 0) is 24.5 Å². The Bertz CT molecular complexity index is 701. The van der Waals surface area contributed by atoms with Crippen molar-refractivity contribution in [3.8, 4) is 5.75 Å². The van der Waals surface area contributed by atoms with Crippen LogP contribution in [0, 0.1) is 0 Å². The first-order valence-corrected chi connectivity index (χ1v) is 7.32. The number of ether oxygens (including phenoxy) is 1. The summed E-state index contributed by atoms with van der Waals surface area (Å²) in [6.07, 6.45) is 5.00. The minimum atomic E-state index is -0.337. The lowest BCUT2D eigenvalue weighted by atomic mass is 9.93. The van der Waals surface area contributed by atoms with Gasteiger partial charge in [0.05, 0.1) is 18.5 Å². The zero-order valence-corrected chi connectivity index (χ0v) is 13.0. The molecule has 2 aromatic heterocycles. The highest BCUT2D eigenvalue weighted by molar-refractivity contribution is 6.01. The highest BCUT2D eigenvalue weighted by Gasteiger charge is 2.21. The quantitative estimate of drug-likeness (QED) is 0.922. The first kappa shape index (κ1) is 14.6. The van der Waals surface area contributed by atoms with Crippen molar-refractivity contribution in [3.63, 3.8) is 0 Å². The normalized spacial score (nSPS) is 14.1. The molecule has 1 N–H and O–H groups in total. The van der Waals surface area contributed by atoms with Gasteiger partial charge in [0.15, 0.2) is 0 Å². The van der Waals surface area contributed by atoms with Gasteiger partial charge in [-0.3, -0.25) is 10.1 Å². The minimum absolute atomic E-state index is 0.131. The topological polar surface area (TPSA) is 77.2 Å². The van der Waals surface area contributed by atoms with Crippen LogP contribution >= 0.6 is 0 Å². The van der Waals surface area contributed by atoms with Crippen LogP contribution in [0.1, 0.15) is 48.9 Å². The van der Waals surface area contributed by atoms with Crippen molar-refractivity contribution in [2.45, 2.75) is 39.0 Å². The number of anilines is 1. The Kier molecular flexibility index (Phi) is 3.60. The van der Waals surface area contributed by atoms with Gasteiger partial charge < -0.3 is 9.15 Å². The third kappa shape index (κ3) is 2.95. The number of oxazole rings is 1. The van der Waals surface area contributed by atoms with Gasteiger partial charge in [-0.15, -0.1) is 0 Å². The van der Waals surface area contributed by atoms with Gasteiger partial charge in [0.25, 0.3) is 5.91 Å². The molecule has 6 nitrogen and oxygen atoms in total. The number of fused-ring (bicyclic) bond motifs is 1. The third-order valence-corrected chi connectivity index (χ3v) is 3.52. The molecule has 116 valence electrons. The van der Waals surface area contributed by atoms with E-state index < -0.39 is 0 Å². The smallest absolute Gasteiger partial charge is 0.301 e. The number of nitrogens with zero attached hydrogens (tertiary/aromatic N) is 2. The molecule has 3 rings (SSSR count). The first-order chi connectivity index (χ1) is 10.4. The molecular weight excluding hydrogens is 282 g/mol. The van der Waals surface area contributed by atoms with Gasteiger partial charge in [-0.25, -0.2) is 4.98 Å². The molecule has 1 aliphatic rings. The molecule has 0 saturated heterocycles. The van der Waals surface area contributed by atoms with Gasteiger partial charge in [-0.1, -0.05) is 20.8 Å². The number of nitrogens with one attached hydrogen (secondary N) is 1. The summed E-state index contributed by atoms with van der Waals surface area (Å²) < 4.78 is 10.8. The molecule has 0 spiro atoms. The van der Waals surface area contributed by atoms with Gasteiger partial charge in [-0.2, -0.15) is 4.98 Å². The van der Waals surface area contributed by atoms with E-state index in [9.17, 15) is 4.79 Å². The van der Waals surface area contributed by atoms with Crippen molar-refractivity contribution in [3.05, 3.63) is 35.5 Å². The summed E-state index contributed by atoms with van der Waals surface area (Å²) in [4.78, 5) is 20.7. The van der Waals surface area contributed by atoms with Crippen molar-refractivity contribution in [2.24, 2.45) is 0 Å². The highest BCUT2D eigenvalue weighted by atomic mass is 16.5. The van der Waals surface area contributed by atoms with Crippen LogP contribution in [-0.2, 0) is 11.8 Å². The number of carbonyl (C=O) groups excluding carboxylic acids is 1. The fourth-order valence-electron chi connectivity index (χ4n) is 2.22. The van der Waals surface area contributed by atoms with Crippen molar-refractivity contribution < 1.29 is 13.9 Å². The summed E-state index contributed by atoms with van der Waals surface area (Å²) in [5.41, 5.74) is 2.00. The molecule has 0 atom stereocenters. The molecule has 6 heteroatoms. The Morgan fingerprint density at radius 2 is 2.18 bits per heavy atom. The van der Waals surface area contributed by atoms with Crippen LogP contribution in [0.5, 0.6) is 5.75 Å². The van der Waals surface area contributed by atoms with E-state index in [0.717, 1.165) is 29.8 Å². The van der Waals surface area contributed by atoms with E-state index >= 15 is 0 Å². The van der Waals surface area contributed by atoms with Crippen LogP contribution in [0.3, 0.4) is 0 Å². The molecule has 22 heavy (non-hydrogen) atoms. The second-order valence-electron chi connectivity index (χ2n) is 6.37. The van der Waals surface area contributed by atoms with Crippen LogP contribution < -0.4 is 10.1 Å². The molecular formula is C16H19N3O3. The van der Waals surface area contributed by atoms with Crippen molar-refractivity contribution in [2.75, 3.05) is 11.9 Å². The Morgan fingerprint density at radius 1 is 1.36 bits per heavy atom. The molecule has 3 heterocycles. The predicted molar refractivity (Wildman–Crippen MR) is 81.2 cm³/mol. The number of pyridine rings is 1. The molecule has 0 bridgehead atoms. The zero-order valence-electron chi connectivity index (χ0n) is 13.0. The van der Waals surface area contributed by atoms with Crippen LogP contribution in [0.4, 0.5) is 6.01 Å². The van der Waals surface area contributed by atoms with Crippen LogP contribution in [-0.4, -0.2) is 22.5 Å². The minimum Gasteiger partial charge on any atom is -0.492 e. The van der Waals surface area contributed by atoms with Crippen molar-refractivity contribution in [1.82, 2.24) is 9.97 Å². The summed E-state index contributed by atoms with van der Waals surface area (Å²) in [5.74, 6) is 0.421. The van der Waals surface area contributed by atoms with Crippen LogP contribution in [0.2, 0.25) is 0 Å². The van der Waals surface area contributed by atoms with E-state index in [-0.39, 0.29) is 17.3 Å². The average molecular weight is 301 g/mol. The largest absolute Gasteiger partial charge is 0.492 e. The SMILES string of the molecule is CC(C)(C)c1coc(NC(=O)c2cc3c(cn2)OCCC3)n1. The number of amides is 1. The summed E-state index contributed by atoms with van der Waals surface area (Å²) in [7, 11) is 0. The summed E-state index contributed by atoms with van der Waals surface area (Å²) in [5, 5.41) is 2.64. The van der Waals surface area contributed by atoms with Gasteiger partial charge >= 0.3 is 6.01 Å². The maximum absolute atomic E-state index is 12.2. The highest BCUT2D eigenvalue weighted by Crippen LogP contribution is 2.25. The molecule has 0 saturated carbocycles. The maximum Gasteiger partial charge on any atom is 0.301 e. The molecule has 0 fully saturated rings. The molecule has 2 aromatic rings. The predicted octanol–water partition coefficient (Wildman–Crippen LogP) is 2.94. The van der Waals surface area contributed by atoms with E-state index in [2.05, 4.69) is 15.3 Å². The number of aromatic nitrogens is 2. The molecule has 1 aliphatic heterocycles. The lowest BCUT2D eigenvalue weighted by Gasteiger charge is -2.16. The average Bonchev–Trinajstić information content (AvgIpc) is 2.95. The Labute approximate surface area is 128 Å². The van der Waals surface area contributed by atoms with Crippen molar-refractivity contribution >= 4 is 11.9 Å². The lowest BCUT2D eigenvalue weighted by Crippen LogP contribution is -2.17. The molecule has 0 radical (unpaired) electrons. The molecule has 0 aromatic carbocycles. The summed E-state index contributed by atoms with van der Waals surface area (Å²) >= 11 is 0. The summed E-state index contributed by atoms with van der Waals surface area (Å²) in [6.45, 7) is 6.79. The second-order valence-corrected chi connectivity index (χ2v) is 6.37. The first-order valence-electron chi connectivity index (χ1n) is 7.32. The van der Waals surface area contributed by atoms with E-state index in [1.807, 2.05) is 20.8 Å². The van der Waals surface area contributed by atoms with E-state index in [1.165, 1.54) is 0 Å². The Balaban J connectivity index is 1.76. The van der Waals surface area contributed by atoms with E-state index in [0.29, 0.717) is 12.3 Å². The Hall–Kier alpha value is -2.37. The third-order valence-electron chi connectivity index (χ3n) is 3.52. The number of hydrogen-bond acceptors (Lipinski definition) is 5. The van der Waals surface area contributed by atoms with Gasteiger partial charge in [0, 0.05) is 5.41 Å². The van der Waals surface area contributed by atoms with E-state index in [1.54, 1.807) is 18.5 Å². The number of aryl methyl sites for hydroxylation is 1. The number of hydrogen-bond donors (Lipinski definition) is 1. The number of carbonyl (C=O) groups is 1. The molecule has 1 amide bonds. The second kappa shape index (κ2) is 5.44. The maximum atomic E-state index is 12.2. The monoisotopic (exact) mass is 301 g/mol. The number of rotatable bonds is 2. The summed E-state index contributed by atoms with van der Waals surface area (Å²) in [6, 6.07) is 1.95. The van der Waals surface area contributed by atoms with Crippen LogP contribution in [0.15, 0.2) is 22.9 Å². The zero-order chi connectivity index (χ0) is 15.7.